The van der Waals surface area contributed by atoms with Gasteiger partial charge in [0.25, 0.3) is 0 Å². The summed E-state index contributed by atoms with van der Waals surface area (Å²) < 4.78 is 8.21. The Morgan fingerprint density at radius 2 is 1.89 bits per heavy atom. The maximum Gasteiger partial charge on any atom is 0.410 e. The van der Waals surface area contributed by atoms with E-state index in [1.807, 2.05) is 59.9 Å². The van der Waals surface area contributed by atoms with E-state index in [1.165, 1.54) is 0 Å². The molecular weight excluding hydrogens is 420 g/mol. The number of aryl methyl sites for hydroxylation is 1. The molecule has 7 heteroatoms. The number of carbonyl (C=O) groups is 1. The van der Waals surface area contributed by atoms with Crippen LogP contribution in [-0.4, -0.2) is 44.3 Å². The van der Waals surface area contributed by atoms with Gasteiger partial charge >= 0.3 is 6.09 Å². The van der Waals surface area contributed by atoms with Crippen LogP contribution in [0.3, 0.4) is 0 Å². The number of likely N-dealkylation sites (tertiary alicyclic amines) is 1. The molecule has 2 aromatic rings. The van der Waals surface area contributed by atoms with Gasteiger partial charge in [-0.25, -0.2) is 14.3 Å². The number of hydrogen-bond acceptors (Lipinski definition) is 4. The first kappa shape index (κ1) is 24.4. The van der Waals surface area contributed by atoms with Gasteiger partial charge in [0.15, 0.2) is 5.65 Å². The number of fused-ring (bicyclic) bond motifs is 1. The second kappa shape index (κ2) is 10.8. The summed E-state index contributed by atoms with van der Waals surface area (Å²) in [7, 11) is 0. The first-order chi connectivity index (χ1) is 13.2. The van der Waals surface area contributed by atoms with Crippen molar-refractivity contribution in [2.24, 2.45) is 0 Å². The number of hydrogen-bond donors (Lipinski definition) is 0. The zero-order valence-electron chi connectivity index (χ0n) is 18.5. The SMILES string of the molecule is CC.CC.Cc1cc(C2CCCN(C(=O)OC(C)(C)C)C2)nc2c(Br)cnn12. The third-order valence-corrected chi connectivity index (χ3v) is 4.68. The van der Waals surface area contributed by atoms with Crippen LogP contribution in [0.25, 0.3) is 5.65 Å². The second-order valence-electron chi connectivity index (χ2n) is 7.32. The van der Waals surface area contributed by atoms with Crippen molar-refractivity contribution in [3.05, 3.63) is 28.1 Å². The summed E-state index contributed by atoms with van der Waals surface area (Å²) in [5, 5.41) is 4.31. The van der Waals surface area contributed by atoms with Crippen molar-refractivity contribution in [1.29, 1.82) is 0 Å². The number of nitrogens with zero attached hydrogens (tertiary/aromatic N) is 4. The molecule has 1 saturated heterocycles. The molecule has 0 aliphatic carbocycles. The van der Waals surface area contributed by atoms with Crippen LogP contribution in [-0.2, 0) is 4.74 Å². The third kappa shape index (κ3) is 6.19. The van der Waals surface area contributed by atoms with E-state index in [0.717, 1.165) is 40.9 Å². The van der Waals surface area contributed by atoms with Gasteiger partial charge in [-0.05, 0) is 62.5 Å². The zero-order chi connectivity index (χ0) is 21.5. The van der Waals surface area contributed by atoms with Gasteiger partial charge in [0, 0.05) is 30.4 Å². The summed E-state index contributed by atoms with van der Waals surface area (Å²) in [6, 6.07) is 2.07. The van der Waals surface area contributed by atoms with E-state index in [-0.39, 0.29) is 12.0 Å². The normalized spacial score (nSPS) is 16.6. The lowest BCUT2D eigenvalue weighted by atomic mass is 9.94. The monoisotopic (exact) mass is 454 g/mol. The van der Waals surface area contributed by atoms with Crippen molar-refractivity contribution >= 4 is 27.7 Å². The highest BCUT2D eigenvalue weighted by molar-refractivity contribution is 9.10. The lowest BCUT2D eigenvalue weighted by Gasteiger charge is -2.34. The van der Waals surface area contributed by atoms with Gasteiger partial charge in [0.1, 0.15) is 5.60 Å². The molecule has 6 nitrogen and oxygen atoms in total. The molecule has 1 aliphatic rings. The highest BCUT2D eigenvalue weighted by Gasteiger charge is 2.29. The van der Waals surface area contributed by atoms with Crippen LogP contribution in [0.5, 0.6) is 0 Å². The smallest absolute Gasteiger partial charge is 0.410 e. The Bertz CT molecular complexity index is 768. The summed E-state index contributed by atoms with van der Waals surface area (Å²) in [4.78, 5) is 18.9. The average molecular weight is 455 g/mol. The maximum atomic E-state index is 12.3. The summed E-state index contributed by atoms with van der Waals surface area (Å²) >= 11 is 3.50. The predicted molar refractivity (Wildman–Crippen MR) is 118 cm³/mol. The molecule has 1 aliphatic heterocycles. The lowest BCUT2D eigenvalue weighted by Crippen LogP contribution is -2.42. The Kier molecular flexibility index (Phi) is 9.40. The number of aromatic nitrogens is 3. The van der Waals surface area contributed by atoms with Crippen LogP contribution in [0.15, 0.2) is 16.7 Å². The first-order valence-electron chi connectivity index (χ1n) is 10.2. The minimum atomic E-state index is -0.472. The first-order valence-corrected chi connectivity index (χ1v) is 11.0. The fourth-order valence-electron chi connectivity index (χ4n) is 3.03. The van der Waals surface area contributed by atoms with Crippen LogP contribution in [0.2, 0.25) is 0 Å². The molecule has 0 saturated carbocycles. The number of amides is 1. The molecule has 1 amide bonds. The maximum absolute atomic E-state index is 12.3. The van der Waals surface area contributed by atoms with Crippen molar-refractivity contribution < 1.29 is 9.53 Å². The topological polar surface area (TPSA) is 59.7 Å². The molecule has 158 valence electrons. The van der Waals surface area contributed by atoms with E-state index >= 15 is 0 Å². The Morgan fingerprint density at radius 3 is 2.50 bits per heavy atom. The molecule has 1 fully saturated rings. The number of piperidine rings is 1. The van der Waals surface area contributed by atoms with Gasteiger partial charge < -0.3 is 9.64 Å². The molecule has 3 rings (SSSR count). The molecule has 2 aromatic heterocycles. The lowest BCUT2D eigenvalue weighted by molar-refractivity contribution is 0.0197. The summed E-state index contributed by atoms with van der Waals surface area (Å²) in [6.45, 7) is 17.1. The largest absolute Gasteiger partial charge is 0.444 e. The van der Waals surface area contributed by atoms with Gasteiger partial charge in [-0.15, -0.1) is 0 Å². The highest BCUT2D eigenvalue weighted by Crippen LogP contribution is 2.29. The van der Waals surface area contributed by atoms with Crippen molar-refractivity contribution in [3.63, 3.8) is 0 Å². The van der Waals surface area contributed by atoms with Gasteiger partial charge in [0.05, 0.1) is 10.7 Å². The molecule has 1 unspecified atom stereocenters. The van der Waals surface area contributed by atoms with E-state index in [4.69, 9.17) is 9.72 Å². The fraction of sp³-hybridized carbons (Fsp3) is 0.667. The van der Waals surface area contributed by atoms with Crippen LogP contribution < -0.4 is 0 Å². The number of ether oxygens (including phenoxy) is 1. The third-order valence-electron chi connectivity index (χ3n) is 4.12. The van der Waals surface area contributed by atoms with Gasteiger partial charge in [-0.1, -0.05) is 27.7 Å². The summed E-state index contributed by atoms with van der Waals surface area (Å²) in [5.74, 6) is 0.219. The summed E-state index contributed by atoms with van der Waals surface area (Å²) in [5.41, 5.74) is 2.39. The summed E-state index contributed by atoms with van der Waals surface area (Å²) in [6.07, 6.45) is 3.49. The van der Waals surface area contributed by atoms with E-state index < -0.39 is 5.60 Å². The van der Waals surface area contributed by atoms with Crippen molar-refractivity contribution in [1.82, 2.24) is 19.5 Å². The van der Waals surface area contributed by atoms with Crippen molar-refractivity contribution in [2.75, 3.05) is 13.1 Å². The van der Waals surface area contributed by atoms with Crippen LogP contribution in [0.4, 0.5) is 4.79 Å². The Hall–Kier alpha value is -1.63. The molecule has 28 heavy (non-hydrogen) atoms. The molecule has 1 atom stereocenters. The van der Waals surface area contributed by atoms with E-state index in [1.54, 1.807) is 11.1 Å². The molecule has 0 spiro atoms. The predicted octanol–water partition coefficient (Wildman–Crippen LogP) is 5.97. The molecule has 0 aromatic carbocycles. The highest BCUT2D eigenvalue weighted by atomic mass is 79.9. The van der Waals surface area contributed by atoms with Crippen LogP contribution in [0.1, 0.15) is 78.6 Å². The van der Waals surface area contributed by atoms with Crippen molar-refractivity contribution in [2.45, 2.75) is 79.8 Å². The number of halogens is 1. The standard InChI is InChI=1S/C17H23BrN4O2.2C2H6/c1-11-8-14(20-15-13(18)9-19-22(11)15)12-6-5-7-21(10-12)16(23)24-17(2,3)4;2*1-2/h8-9,12H,5-7,10H2,1-4H3;2*1-2H3. The minimum Gasteiger partial charge on any atom is -0.444 e. The average Bonchev–Trinajstić information content (AvgIpc) is 3.05. The Morgan fingerprint density at radius 1 is 1.25 bits per heavy atom. The molecule has 0 bridgehead atoms. The zero-order valence-corrected chi connectivity index (χ0v) is 20.1. The van der Waals surface area contributed by atoms with Gasteiger partial charge in [0.2, 0.25) is 0 Å². The van der Waals surface area contributed by atoms with Crippen LogP contribution in [0, 0.1) is 6.92 Å². The van der Waals surface area contributed by atoms with E-state index in [2.05, 4.69) is 27.1 Å². The Balaban J connectivity index is 0.000000921. The van der Waals surface area contributed by atoms with E-state index in [9.17, 15) is 4.79 Å². The molecule has 0 radical (unpaired) electrons. The van der Waals surface area contributed by atoms with Gasteiger partial charge in [-0.2, -0.15) is 5.10 Å². The van der Waals surface area contributed by atoms with Gasteiger partial charge in [-0.3, -0.25) is 0 Å². The molecular formula is C21H35BrN4O2. The molecule has 3 heterocycles. The second-order valence-corrected chi connectivity index (χ2v) is 8.17. The van der Waals surface area contributed by atoms with Crippen molar-refractivity contribution in [3.8, 4) is 0 Å². The molecule has 0 N–H and O–H groups in total. The minimum absolute atomic E-state index is 0.219. The fourth-order valence-corrected chi connectivity index (χ4v) is 3.38. The van der Waals surface area contributed by atoms with Crippen LogP contribution >= 0.6 is 15.9 Å². The Labute approximate surface area is 177 Å². The number of carbonyl (C=O) groups excluding carboxylic acids is 1. The van der Waals surface area contributed by atoms with E-state index in [0.29, 0.717) is 6.54 Å². The number of rotatable bonds is 1. The quantitative estimate of drug-likeness (QED) is 0.532.